The minimum atomic E-state index is -1.07. The first kappa shape index (κ1) is 32.1. The van der Waals surface area contributed by atoms with Crippen molar-refractivity contribution >= 4 is 29.6 Å². The average molecular weight is 601 g/mol. The number of hydrogen-bond acceptors (Lipinski definition) is 9. The molecule has 43 heavy (non-hydrogen) atoms. The van der Waals surface area contributed by atoms with E-state index < -0.39 is 11.9 Å². The standard InChI is InChI=1S/C28H44N10O5/c29-28(30)37-10-1-2-19(17-37)15-34-24(40)14-22(35-25(41)18-36-11-5-21(39)6-12-36)27(43)38(20-3-4-20)13-9-33-26(42)23-16-31-7-8-32-23/h7-8,16,19-22,39H,1-6,9-15,17-18H2,(H3,29,30)(H,33,42)(H,34,40)(H,35,41)/t19-,22-/m0/s1. The molecular formula is C28H44N10O5. The summed E-state index contributed by atoms with van der Waals surface area (Å²) in [5.74, 6) is -1.35. The molecule has 2 atom stereocenters. The Morgan fingerprint density at radius 3 is 2.51 bits per heavy atom. The summed E-state index contributed by atoms with van der Waals surface area (Å²) in [6.07, 6.45) is 8.20. The Labute approximate surface area is 251 Å². The fraction of sp³-hybridized carbons (Fsp3) is 0.679. The second-order valence-corrected chi connectivity index (χ2v) is 11.6. The highest BCUT2D eigenvalue weighted by atomic mass is 16.3. The predicted octanol–water partition coefficient (Wildman–Crippen LogP) is -1.75. The van der Waals surface area contributed by atoms with Crippen LogP contribution >= 0.6 is 0 Å². The summed E-state index contributed by atoms with van der Waals surface area (Å²) in [5.41, 5.74) is 5.81. The Morgan fingerprint density at radius 2 is 1.84 bits per heavy atom. The molecule has 3 aliphatic rings. The molecule has 3 heterocycles. The molecule has 1 aromatic rings. The van der Waals surface area contributed by atoms with Crippen molar-refractivity contribution in [2.24, 2.45) is 11.7 Å². The number of aliphatic hydroxyl groups is 1. The van der Waals surface area contributed by atoms with Crippen LogP contribution in [0, 0.1) is 11.3 Å². The third-order valence-electron chi connectivity index (χ3n) is 8.10. The number of likely N-dealkylation sites (tertiary alicyclic amines) is 2. The fourth-order valence-electron chi connectivity index (χ4n) is 5.54. The number of aromatic nitrogens is 2. The molecule has 2 aliphatic heterocycles. The van der Waals surface area contributed by atoms with E-state index in [9.17, 15) is 24.3 Å². The van der Waals surface area contributed by atoms with Gasteiger partial charge in [0.05, 0.1) is 25.3 Å². The van der Waals surface area contributed by atoms with Gasteiger partial charge in [0.1, 0.15) is 11.7 Å². The van der Waals surface area contributed by atoms with E-state index in [1.807, 2.05) is 4.90 Å². The van der Waals surface area contributed by atoms with Gasteiger partial charge in [0.25, 0.3) is 5.91 Å². The highest BCUT2D eigenvalue weighted by Crippen LogP contribution is 2.27. The van der Waals surface area contributed by atoms with Crippen LogP contribution in [0.4, 0.5) is 0 Å². The van der Waals surface area contributed by atoms with E-state index in [1.165, 1.54) is 18.6 Å². The number of aliphatic hydroxyl groups excluding tert-OH is 1. The van der Waals surface area contributed by atoms with Gasteiger partial charge in [-0.1, -0.05) is 0 Å². The van der Waals surface area contributed by atoms with Gasteiger partial charge in [0, 0.05) is 64.2 Å². The molecule has 0 bridgehead atoms. The molecule has 4 rings (SSSR count). The number of nitrogens with two attached hydrogens (primary N) is 1. The Hall–Kier alpha value is -3.85. The van der Waals surface area contributed by atoms with Crippen LogP contribution in [0.3, 0.4) is 0 Å². The zero-order valence-electron chi connectivity index (χ0n) is 24.5. The summed E-state index contributed by atoms with van der Waals surface area (Å²) < 4.78 is 0. The van der Waals surface area contributed by atoms with Gasteiger partial charge in [-0.25, -0.2) is 4.98 Å². The predicted molar refractivity (Wildman–Crippen MR) is 157 cm³/mol. The molecule has 15 heteroatoms. The molecule has 0 radical (unpaired) electrons. The molecule has 2 saturated heterocycles. The summed E-state index contributed by atoms with van der Waals surface area (Å²) in [6.45, 7) is 3.29. The second kappa shape index (κ2) is 15.6. The van der Waals surface area contributed by atoms with Gasteiger partial charge in [-0.2, -0.15) is 0 Å². The van der Waals surface area contributed by atoms with Gasteiger partial charge in [0.2, 0.25) is 17.7 Å². The third kappa shape index (κ3) is 10.1. The summed E-state index contributed by atoms with van der Waals surface area (Å²) in [7, 11) is 0. The molecule has 15 nitrogen and oxygen atoms in total. The largest absolute Gasteiger partial charge is 0.393 e. The van der Waals surface area contributed by atoms with E-state index in [0.717, 1.165) is 25.7 Å². The van der Waals surface area contributed by atoms with Crippen molar-refractivity contribution in [3.63, 3.8) is 0 Å². The number of carbonyl (C=O) groups is 4. The molecule has 1 saturated carbocycles. The highest BCUT2D eigenvalue weighted by Gasteiger charge is 2.37. The highest BCUT2D eigenvalue weighted by molar-refractivity contribution is 5.93. The minimum Gasteiger partial charge on any atom is -0.393 e. The van der Waals surface area contributed by atoms with E-state index in [1.54, 1.807) is 9.80 Å². The van der Waals surface area contributed by atoms with E-state index in [2.05, 4.69) is 25.9 Å². The van der Waals surface area contributed by atoms with Crippen LogP contribution in [0.25, 0.3) is 0 Å². The summed E-state index contributed by atoms with van der Waals surface area (Å²) in [6, 6.07) is -1.09. The van der Waals surface area contributed by atoms with E-state index in [-0.39, 0.29) is 73.5 Å². The number of carbonyl (C=O) groups excluding carboxylic acids is 4. The minimum absolute atomic E-state index is 0.0145. The van der Waals surface area contributed by atoms with Crippen LogP contribution in [-0.2, 0) is 14.4 Å². The molecular weight excluding hydrogens is 556 g/mol. The Kier molecular flexibility index (Phi) is 11.6. The molecule has 0 unspecified atom stereocenters. The lowest BCUT2D eigenvalue weighted by molar-refractivity contribution is -0.139. The van der Waals surface area contributed by atoms with Gasteiger partial charge in [-0.3, -0.25) is 34.5 Å². The summed E-state index contributed by atoms with van der Waals surface area (Å²) in [5, 5.41) is 25.9. The number of nitrogens with zero attached hydrogens (tertiary/aromatic N) is 5. The lowest BCUT2D eigenvalue weighted by Gasteiger charge is -2.33. The smallest absolute Gasteiger partial charge is 0.271 e. The maximum Gasteiger partial charge on any atom is 0.271 e. The van der Waals surface area contributed by atoms with Crippen molar-refractivity contribution in [1.82, 2.24) is 40.6 Å². The quantitative estimate of drug-likeness (QED) is 0.111. The van der Waals surface area contributed by atoms with Crippen molar-refractivity contribution in [3.8, 4) is 0 Å². The second-order valence-electron chi connectivity index (χ2n) is 11.6. The van der Waals surface area contributed by atoms with Crippen LogP contribution < -0.4 is 21.7 Å². The van der Waals surface area contributed by atoms with Crippen LogP contribution in [0.15, 0.2) is 18.6 Å². The third-order valence-corrected chi connectivity index (χ3v) is 8.10. The van der Waals surface area contributed by atoms with Crippen LogP contribution in [0.1, 0.15) is 55.4 Å². The van der Waals surface area contributed by atoms with E-state index >= 15 is 0 Å². The molecule has 1 aromatic heterocycles. The summed E-state index contributed by atoms with van der Waals surface area (Å²) in [4.78, 5) is 65.5. The average Bonchev–Trinajstić information content (AvgIpc) is 3.85. The topological polar surface area (TPSA) is 210 Å². The maximum absolute atomic E-state index is 13.8. The lowest BCUT2D eigenvalue weighted by atomic mass is 9.98. The Bertz CT molecular complexity index is 1130. The van der Waals surface area contributed by atoms with Crippen molar-refractivity contribution in [3.05, 3.63) is 24.3 Å². The molecule has 236 valence electrons. The van der Waals surface area contributed by atoms with Gasteiger partial charge in [-0.05, 0) is 44.4 Å². The van der Waals surface area contributed by atoms with Crippen LogP contribution in [0.5, 0.6) is 0 Å². The van der Waals surface area contributed by atoms with Crippen LogP contribution in [-0.4, -0.2) is 130 Å². The monoisotopic (exact) mass is 600 g/mol. The van der Waals surface area contributed by atoms with Crippen molar-refractivity contribution in [2.75, 3.05) is 52.4 Å². The fourth-order valence-corrected chi connectivity index (χ4v) is 5.54. The van der Waals surface area contributed by atoms with E-state index in [0.29, 0.717) is 45.6 Å². The first-order valence-corrected chi connectivity index (χ1v) is 15.1. The molecule has 0 spiro atoms. The zero-order chi connectivity index (χ0) is 30.8. The molecule has 4 amide bonds. The molecule has 7 N–H and O–H groups in total. The lowest BCUT2D eigenvalue weighted by Crippen LogP contribution is -2.54. The zero-order valence-corrected chi connectivity index (χ0v) is 24.5. The molecule has 0 aromatic carbocycles. The van der Waals surface area contributed by atoms with Crippen molar-refractivity contribution in [1.29, 1.82) is 5.41 Å². The van der Waals surface area contributed by atoms with Gasteiger partial charge in [-0.15, -0.1) is 0 Å². The maximum atomic E-state index is 13.8. The number of hydrogen-bond donors (Lipinski definition) is 6. The number of piperidine rings is 2. The number of guanidine groups is 1. The number of amides is 4. The number of nitrogens with one attached hydrogen (secondary N) is 4. The summed E-state index contributed by atoms with van der Waals surface area (Å²) >= 11 is 0. The first-order chi connectivity index (χ1) is 20.7. The number of rotatable bonds is 13. The van der Waals surface area contributed by atoms with E-state index in [4.69, 9.17) is 11.1 Å². The molecule has 3 fully saturated rings. The van der Waals surface area contributed by atoms with Crippen molar-refractivity contribution < 1.29 is 24.3 Å². The van der Waals surface area contributed by atoms with Crippen molar-refractivity contribution in [2.45, 2.75) is 63.1 Å². The van der Waals surface area contributed by atoms with Gasteiger partial charge in [0.15, 0.2) is 5.96 Å². The normalized spacial score (nSPS) is 20.1. The Balaban J connectivity index is 1.36. The van der Waals surface area contributed by atoms with Crippen LogP contribution in [0.2, 0.25) is 0 Å². The van der Waals surface area contributed by atoms with Gasteiger partial charge >= 0.3 is 0 Å². The first-order valence-electron chi connectivity index (χ1n) is 15.1. The SMILES string of the molecule is N=C(N)N1CCC[C@@H](CNC(=O)C[C@H](NC(=O)CN2CCC(O)CC2)C(=O)N(CCNC(=O)c2cnccn2)C2CC2)C1. The molecule has 1 aliphatic carbocycles. The van der Waals surface area contributed by atoms with Gasteiger partial charge < -0.3 is 36.6 Å². The Morgan fingerprint density at radius 1 is 1.07 bits per heavy atom.